The van der Waals surface area contributed by atoms with Gasteiger partial charge in [-0.2, -0.15) is 0 Å². The molecule has 0 aromatic heterocycles. The van der Waals surface area contributed by atoms with Crippen LogP contribution in [0.25, 0.3) is 0 Å². The van der Waals surface area contributed by atoms with Crippen LogP contribution in [0.2, 0.25) is 0 Å². The van der Waals surface area contributed by atoms with Crippen molar-refractivity contribution in [3.63, 3.8) is 0 Å². The van der Waals surface area contributed by atoms with E-state index in [0.29, 0.717) is 6.54 Å². The standard InChI is InChI=1S/C20H33N3O/c1-3-21-19(22-15-18-9-7-8-17(2)14-18)23-16-20(12-13-24)10-5-4-6-11-20/h7-9,14,24H,3-6,10-13,15-16H2,1-2H3,(H2,21,22,23). The molecule has 0 bridgehead atoms. The first-order valence-electron chi connectivity index (χ1n) is 9.36. The summed E-state index contributed by atoms with van der Waals surface area (Å²) in [6, 6.07) is 8.49. The van der Waals surface area contributed by atoms with E-state index in [1.165, 1.54) is 43.2 Å². The first kappa shape index (κ1) is 18.8. The van der Waals surface area contributed by atoms with Crippen LogP contribution in [0.4, 0.5) is 0 Å². The number of guanidine groups is 1. The van der Waals surface area contributed by atoms with E-state index in [1.807, 2.05) is 0 Å². The Balaban J connectivity index is 1.97. The van der Waals surface area contributed by atoms with Crippen molar-refractivity contribution in [1.29, 1.82) is 0 Å². The molecule has 0 spiro atoms. The van der Waals surface area contributed by atoms with Crippen LogP contribution in [-0.2, 0) is 6.54 Å². The second-order valence-corrected chi connectivity index (χ2v) is 7.07. The lowest BCUT2D eigenvalue weighted by atomic mass is 9.72. The summed E-state index contributed by atoms with van der Waals surface area (Å²) in [6.45, 7) is 6.91. The summed E-state index contributed by atoms with van der Waals surface area (Å²) in [4.78, 5) is 4.73. The fourth-order valence-electron chi connectivity index (χ4n) is 3.65. The number of nitrogens with one attached hydrogen (secondary N) is 2. The van der Waals surface area contributed by atoms with Crippen LogP contribution in [-0.4, -0.2) is 30.8 Å². The molecule has 1 saturated carbocycles. The van der Waals surface area contributed by atoms with Crippen LogP contribution in [0.3, 0.4) is 0 Å². The Morgan fingerprint density at radius 1 is 1.21 bits per heavy atom. The van der Waals surface area contributed by atoms with Gasteiger partial charge in [0.1, 0.15) is 0 Å². The van der Waals surface area contributed by atoms with Crippen molar-refractivity contribution < 1.29 is 5.11 Å². The average molecular weight is 332 g/mol. The molecular formula is C20H33N3O. The third-order valence-corrected chi connectivity index (χ3v) is 5.03. The minimum atomic E-state index is 0.229. The topological polar surface area (TPSA) is 56.7 Å². The van der Waals surface area contributed by atoms with Gasteiger partial charge in [0.05, 0.1) is 6.54 Å². The highest BCUT2D eigenvalue weighted by molar-refractivity contribution is 5.79. The van der Waals surface area contributed by atoms with Crippen molar-refractivity contribution in [2.75, 3.05) is 19.7 Å². The van der Waals surface area contributed by atoms with Crippen LogP contribution in [0.5, 0.6) is 0 Å². The average Bonchev–Trinajstić information content (AvgIpc) is 2.59. The first-order valence-corrected chi connectivity index (χ1v) is 9.36. The van der Waals surface area contributed by atoms with Crippen molar-refractivity contribution in [3.8, 4) is 0 Å². The second-order valence-electron chi connectivity index (χ2n) is 7.07. The van der Waals surface area contributed by atoms with Crippen molar-refractivity contribution in [2.24, 2.45) is 10.4 Å². The molecule has 4 nitrogen and oxygen atoms in total. The SMILES string of the molecule is CCNC(=NCc1cccc(C)c1)NCC1(CCO)CCCCC1. The van der Waals surface area contributed by atoms with Gasteiger partial charge < -0.3 is 15.7 Å². The molecule has 4 heteroatoms. The number of aliphatic hydroxyl groups is 1. The number of nitrogens with zero attached hydrogens (tertiary/aromatic N) is 1. The van der Waals surface area contributed by atoms with Crippen LogP contribution >= 0.6 is 0 Å². The van der Waals surface area contributed by atoms with Crippen molar-refractivity contribution in [1.82, 2.24) is 10.6 Å². The Morgan fingerprint density at radius 2 is 2.00 bits per heavy atom. The van der Waals surface area contributed by atoms with Crippen LogP contribution in [0.1, 0.15) is 56.6 Å². The smallest absolute Gasteiger partial charge is 0.191 e. The summed E-state index contributed by atoms with van der Waals surface area (Å²) in [5, 5.41) is 16.3. The largest absolute Gasteiger partial charge is 0.396 e. The predicted molar refractivity (Wildman–Crippen MR) is 101 cm³/mol. The Morgan fingerprint density at radius 3 is 2.67 bits per heavy atom. The zero-order chi connectivity index (χ0) is 17.3. The Labute approximate surface area is 146 Å². The van der Waals surface area contributed by atoms with Gasteiger partial charge in [-0.15, -0.1) is 0 Å². The van der Waals surface area contributed by atoms with Crippen molar-refractivity contribution >= 4 is 5.96 Å². The minimum Gasteiger partial charge on any atom is -0.396 e. The molecule has 1 aromatic rings. The second kappa shape index (κ2) is 9.67. The van der Waals surface area contributed by atoms with Crippen molar-refractivity contribution in [2.45, 2.75) is 58.9 Å². The van der Waals surface area contributed by atoms with E-state index in [2.05, 4.69) is 48.7 Å². The van der Waals surface area contributed by atoms with E-state index in [4.69, 9.17) is 4.99 Å². The van der Waals surface area contributed by atoms with Gasteiger partial charge >= 0.3 is 0 Å². The Hall–Kier alpha value is -1.55. The first-order chi connectivity index (χ1) is 11.7. The van der Waals surface area contributed by atoms with Gasteiger partial charge in [0, 0.05) is 19.7 Å². The molecule has 134 valence electrons. The maximum Gasteiger partial charge on any atom is 0.191 e. The fraction of sp³-hybridized carbons (Fsp3) is 0.650. The molecular weight excluding hydrogens is 298 g/mol. The lowest BCUT2D eigenvalue weighted by Crippen LogP contribution is -2.44. The van der Waals surface area contributed by atoms with Gasteiger partial charge in [0.25, 0.3) is 0 Å². The van der Waals surface area contributed by atoms with Crippen LogP contribution < -0.4 is 10.6 Å². The molecule has 24 heavy (non-hydrogen) atoms. The van der Waals surface area contributed by atoms with Gasteiger partial charge in [-0.05, 0) is 44.1 Å². The number of benzene rings is 1. The quantitative estimate of drug-likeness (QED) is 0.530. The van der Waals surface area contributed by atoms with Gasteiger partial charge in [0.2, 0.25) is 0 Å². The summed E-state index contributed by atoms with van der Waals surface area (Å²) in [7, 11) is 0. The van der Waals surface area contributed by atoms with E-state index in [0.717, 1.165) is 25.5 Å². The van der Waals surface area contributed by atoms with Crippen LogP contribution in [0, 0.1) is 12.3 Å². The lowest BCUT2D eigenvalue weighted by molar-refractivity contribution is 0.131. The predicted octanol–water partition coefficient (Wildman–Crippen LogP) is 3.38. The Bertz CT molecular complexity index is 516. The lowest BCUT2D eigenvalue weighted by Gasteiger charge is -2.37. The molecule has 0 aliphatic heterocycles. The monoisotopic (exact) mass is 331 g/mol. The Kier molecular flexibility index (Phi) is 7.57. The van der Waals surface area contributed by atoms with E-state index < -0.39 is 0 Å². The molecule has 0 atom stereocenters. The maximum atomic E-state index is 9.46. The highest BCUT2D eigenvalue weighted by Gasteiger charge is 2.31. The van der Waals surface area contributed by atoms with Gasteiger partial charge in [-0.1, -0.05) is 49.1 Å². The molecule has 0 heterocycles. The van der Waals surface area contributed by atoms with E-state index in [9.17, 15) is 5.11 Å². The molecule has 1 aliphatic carbocycles. The van der Waals surface area contributed by atoms with Crippen LogP contribution in [0.15, 0.2) is 29.3 Å². The number of rotatable bonds is 7. The third-order valence-electron chi connectivity index (χ3n) is 5.03. The molecule has 1 fully saturated rings. The fourth-order valence-corrected chi connectivity index (χ4v) is 3.65. The summed E-state index contributed by atoms with van der Waals surface area (Å²) in [5.41, 5.74) is 2.73. The zero-order valence-electron chi connectivity index (χ0n) is 15.3. The highest BCUT2D eigenvalue weighted by atomic mass is 16.3. The van der Waals surface area contributed by atoms with Gasteiger partial charge in [0.15, 0.2) is 5.96 Å². The van der Waals surface area contributed by atoms with Gasteiger partial charge in [-0.25, -0.2) is 4.99 Å². The van der Waals surface area contributed by atoms with Gasteiger partial charge in [-0.3, -0.25) is 0 Å². The minimum absolute atomic E-state index is 0.229. The maximum absolute atomic E-state index is 9.46. The molecule has 2 rings (SSSR count). The molecule has 1 aromatic carbocycles. The van der Waals surface area contributed by atoms with E-state index >= 15 is 0 Å². The van der Waals surface area contributed by atoms with E-state index in [1.54, 1.807) is 0 Å². The number of hydrogen-bond donors (Lipinski definition) is 3. The summed E-state index contributed by atoms with van der Waals surface area (Å²) in [5.74, 6) is 0.877. The molecule has 1 aliphatic rings. The molecule has 0 unspecified atom stereocenters. The number of hydrogen-bond acceptors (Lipinski definition) is 2. The zero-order valence-corrected chi connectivity index (χ0v) is 15.3. The highest BCUT2D eigenvalue weighted by Crippen LogP contribution is 2.38. The normalized spacial score (nSPS) is 17.5. The molecule has 0 radical (unpaired) electrons. The number of aliphatic imine (C=N–C) groups is 1. The van der Waals surface area contributed by atoms with Crippen molar-refractivity contribution in [3.05, 3.63) is 35.4 Å². The summed E-state index contributed by atoms with van der Waals surface area (Å²) in [6.07, 6.45) is 7.18. The summed E-state index contributed by atoms with van der Waals surface area (Å²) < 4.78 is 0. The van der Waals surface area contributed by atoms with E-state index in [-0.39, 0.29) is 12.0 Å². The summed E-state index contributed by atoms with van der Waals surface area (Å²) >= 11 is 0. The molecule has 0 saturated heterocycles. The third kappa shape index (κ3) is 5.82. The number of aliphatic hydroxyl groups excluding tert-OH is 1. The molecule has 3 N–H and O–H groups in total. The molecule has 0 amide bonds. The number of aryl methyl sites for hydroxylation is 1.